The summed E-state index contributed by atoms with van der Waals surface area (Å²) < 4.78 is 0. The highest BCUT2D eigenvalue weighted by atomic mass is 32.1. The van der Waals surface area contributed by atoms with E-state index < -0.39 is 0 Å². The average molecular weight is 221 g/mol. The van der Waals surface area contributed by atoms with E-state index in [1.807, 2.05) is 0 Å². The van der Waals surface area contributed by atoms with Gasteiger partial charge in [0.1, 0.15) is 0 Å². The van der Waals surface area contributed by atoms with Gasteiger partial charge in [0.15, 0.2) is 0 Å². The molecule has 0 saturated carbocycles. The smallest absolute Gasteiger partial charge is 0.00836 e. The lowest BCUT2D eigenvalue weighted by molar-refractivity contribution is 0.487. The van der Waals surface area contributed by atoms with Crippen molar-refractivity contribution in [2.45, 2.75) is 38.5 Å². The van der Waals surface area contributed by atoms with Crippen LogP contribution in [-0.2, 0) is 12.8 Å². The maximum atomic E-state index is 3.46. The highest BCUT2D eigenvalue weighted by Gasteiger charge is 2.22. The summed E-state index contributed by atoms with van der Waals surface area (Å²) in [6, 6.07) is 2.47. The molecule has 2 atom stereocenters. The monoisotopic (exact) mass is 221 g/mol. The van der Waals surface area contributed by atoms with E-state index in [0.29, 0.717) is 0 Å². The highest BCUT2D eigenvalue weighted by molar-refractivity contribution is 7.12. The Balaban J connectivity index is 1.65. The van der Waals surface area contributed by atoms with E-state index in [-0.39, 0.29) is 0 Å². The van der Waals surface area contributed by atoms with E-state index in [9.17, 15) is 0 Å². The summed E-state index contributed by atoms with van der Waals surface area (Å²) in [6.45, 7) is 4.89. The SMILES string of the molecule is C[C@@H](C[C@@H]1CCNC1)c1cc2c(s1)CC2. The molecule has 0 amide bonds. The van der Waals surface area contributed by atoms with Crippen LogP contribution in [0.5, 0.6) is 0 Å². The molecule has 3 rings (SSSR count). The average Bonchev–Trinajstić information content (AvgIpc) is 2.76. The Bertz CT molecular complexity index is 328. The van der Waals surface area contributed by atoms with Gasteiger partial charge in [-0.25, -0.2) is 0 Å². The van der Waals surface area contributed by atoms with E-state index in [1.54, 1.807) is 15.3 Å². The second-order valence-electron chi connectivity index (χ2n) is 5.09. The molecule has 1 aliphatic heterocycles. The van der Waals surface area contributed by atoms with Crippen LogP contribution in [0.25, 0.3) is 0 Å². The second-order valence-corrected chi connectivity index (χ2v) is 6.26. The zero-order chi connectivity index (χ0) is 10.3. The predicted molar refractivity (Wildman–Crippen MR) is 65.7 cm³/mol. The zero-order valence-corrected chi connectivity index (χ0v) is 10.2. The second kappa shape index (κ2) is 3.91. The van der Waals surface area contributed by atoms with E-state index >= 15 is 0 Å². The van der Waals surface area contributed by atoms with Crippen LogP contribution in [0.3, 0.4) is 0 Å². The minimum absolute atomic E-state index is 0.783. The molecule has 1 fully saturated rings. The van der Waals surface area contributed by atoms with Crippen molar-refractivity contribution in [3.8, 4) is 0 Å². The molecule has 0 bridgehead atoms. The summed E-state index contributed by atoms with van der Waals surface area (Å²) in [4.78, 5) is 3.31. The van der Waals surface area contributed by atoms with Crippen LogP contribution in [0, 0.1) is 5.92 Å². The number of thiophene rings is 1. The first-order chi connectivity index (χ1) is 7.33. The lowest BCUT2D eigenvalue weighted by Crippen LogP contribution is -2.10. The molecule has 1 N–H and O–H groups in total. The molecule has 15 heavy (non-hydrogen) atoms. The van der Waals surface area contributed by atoms with Crippen LogP contribution in [0.15, 0.2) is 6.07 Å². The van der Waals surface area contributed by atoms with Crippen LogP contribution in [-0.4, -0.2) is 13.1 Å². The third kappa shape index (κ3) is 1.85. The predicted octanol–water partition coefficient (Wildman–Crippen LogP) is 2.95. The van der Waals surface area contributed by atoms with Gasteiger partial charge in [0.05, 0.1) is 0 Å². The van der Waals surface area contributed by atoms with E-state index in [4.69, 9.17) is 0 Å². The molecule has 2 heteroatoms. The van der Waals surface area contributed by atoms with Crippen molar-refractivity contribution in [2.75, 3.05) is 13.1 Å². The Hall–Kier alpha value is -0.340. The van der Waals surface area contributed by atoms with Gasteiger partial charge in [-0.15, -0.1) is 11.3 Å². The molecule has 2 heterocycles. The third-order valence-corrected chi connectivity index (χ3v) is 5.34. The van der Waals surface area contributed by atoms with Gasteiger partial charge in [0.25, 0.3) is 0 Å². The number of fused-ring (bicyclic) bond motifs is 1. The fraction of sp³-hybridized carbons (Fsp3) is 0.692. The molecule has 1 aliphatic carbocycles. The van der Waals surface area contributed by atoms with Crippen LogP contribution in [0.4, 0.5) is 0 Å². The number of hydrogen-bond acceptors (Lipinski definition) is 2. The standard InChI is InChI=1S/C13H19NS/c1-9(6-10-4-5-14-8-10)13-7-11-2-3-12(11)15-13/h7,9-10,14H,2-6,8H2,1H3/t9-,10-/m0/s1. The molecule has 1 nitrogen and oxygen atoms in total. The Morgan fingerprint density at radius 3 is 3.00 bits per heavy atom. The van der Waals surface area contributed by atoms with E-state index in [1.165, 1.54) is 38.8 Å². The third-order valence-electron chi connectivity index (χ3n) is 3.87. The van der Waals surface area contributed by atoms with Crippen LogP contribution < -0.4 is 5.32 Å². The van der Waals surface area contributed by atoms with Gasteiger partial charge in [-0.05, 0) is 62.2 Å². The highest BCUT2D eigenvalue weighted by Crippen LogP contribution is 2.38. The van der Waals surface area contributed by atoms with Gasteiger partial charge in [-0.3, -0.25) is 0 Å². The molecule has 0 aromatic carbocycles. The van der Waals surface area contributed by atoms with Crippen molar-refractivity contribution in [3.63, 3.8) is 0 Å². The summed E-state index contributed by atoms with van der Waals surface area (Å²) in [5, 5.41) is 3.46. The molecule has 1 saturated heterocycles. The molecule has 2 aliphatic rings. The summed E-state index contributed by atoms with van der Waals surface area (Å²) in [7, 11) is 0. The van der Waals surface area contributed by atoms with Crippen LogP contribution in [0.1, 0.15) is 41.0 Å². The van der Waals surface area contributed by atoms with Crippen molar-refractivity contribution in [2.24, 2.45) is 5.92 Å². The lowest BCUT2D eigenvalue weighted by atomic mass is 9.92. The Labute approximate surface area is 95.9 Å². The number of aryl methyl sites for hydroxylation is 2. The maximum absolute atomic E-state index is 3.46. The first kappa shape index (κ1) is 9.86. The Kier molecular flexibility index (Phi) is 2.57. The van der Waals surface area contributed by atoms with Crippen molar-refractivity contribution < 1.29 is 0 Å². The van der Waals surface area contributed by atoms with Gasteiger partial charge >= 0.3 is 0 Å². The zero-order valence-electron chi connectivity index (χ0n) is 9.38. The largest absolute Gasteiger partial charge is 0.316 e. The van der Waals surface area contributed by atoms with Crippen molar-refractivity contribution in [1.29, 1.82) is 0 Å². The van der Waals surface area contributed by atoms with Gasteiger partial charge in [0.2, 0.25) is 0 Å². The van der Waals surface area contributed by atoms with E-state index in [0.717, 1.165) is 11.8 Å². The normalized spacial score (nSPS) is 26.1. The first-order valence-electron chi connectivity index (χ1n) is 6.15. The molecule has 1 aromatic heterocycles. The summed E-state index contributed by atoms with van der Waals surface area (Å²) in [5.41, 5.74) is 1.64. The van der Waals surface area contributed by atoms with Gasteiger partial charge in [-0.1, -0.05) is 6.92 Å². The molecular formula is C13H19NS. The Morgan fingerprint density at radius 2 is 2.47 bits per heavy atom. The van der Waals surface area contributed by atoms with Crippen LogP contribution >= 0.6 is 11.3 Å². The molecule has 1 aromatic rings. The van der Waals surface area contributed by atoms with Gasteiger partial charge < -0.3 is 5.32 Å². The molecule has 0 unspecified atom stereocenters. The first-order valence-corrected chi connectivity index (χ1v) is 6.97. The van der Waals surface area contributed by atoms with Crippen LogP contribution in [0.2, 0.25) is 0 Å². The van der Waals surface area contributed by atoms with Gasteiger partial charge in [0, 0.05) is 9.75 Å². The number of nitrogens with one attached hydrogen (secondary N) is 1. The lowest BCUT2D eigenvalue weighted by Gasteiger charge is -2.13. The fourth-order valence-corrected chi connectivity index (χ4v) is 4.04. The van der Waals surface area contributed by atoms with Crippen molar-refractivity contribution in [3.05, 3.63) is 21.4 Å². The summed E-state index contributed by atoms with van der Waals surface area (Å²) in [6.07, 6.45) is 5.45. The quantitative estimate of drug-likeness (QED) is 0.827. The van der Waals surface area contributed by atoms with Crippen molar-refractivity contribution in [1.82, 2.24) is 5.32 Å². The molecule has 82 valence electrons. The molecule has 0 spiro atoms. The van der Waals surface area contributed by atoms with E-state index in [2.05, 4.69) is 29.6 Å². The van der Waals surface area contributed by atoms with Gasteiger partial charge in [-0.2, -0.15) is 0 Å². The van der Waals surface area contributed by atoms with Crippen molar-refractivity contribution >= 4 is 11.3 Å². The summed E-state index contributed by atoms with van der Waals surface area (Å²) in [5.74, 6) is 1.71. The molecule has 0 radical (unpaired) electrons. The number of hydrogen-bond donors (Lipinski definition) is 1. The topological polar surface area (TPSA) is 12.0 Å². The fourth-order valence-electron chi connectivity index (χ4n) is 2.76. The summed E-state index contributed by atoms with van der Waals surface area (Å²) >= 11 is 2.07. The molecular weight excluding hydrogens is 202 g/mol. The number of rotatable bonds is 3. The maximum Gasteiger partial charge on any atom is 0.00836 e. The Morgan fingerprint density at radius 1 is 1.53 bits per heavy atom. The minimum atomic E-state index is 0.783. The minimum Gasteiger partial charge on any atom is -0.316 e.